The molecule has 13 heavy (non-hydrogen) atoms. The van der Waals surface area contributed by atoms with Crippen LogP contribution in [-0.2, 0) is 9.53 Å². The van der Waals surface area contributed by atoms with Crippen LogP contribution in [0.25, 0.3) is 0 Å². The molecule has 0 aliphatic rings. The zero-order valence-corrected chi connectivity index (χ0v) is 8.42. The molecule has 0 bridgehead atoms. The standard InChI is InChI=1S/C10H20O3/c1-2-10(12)13-9-7-5-3-4-6-8-11/h11H,2-9H2,1H3. The quantitative estimate of drug-likeness (QED) is 0.467. The third kappa shape index (κ3) is 9.34. The molecule has 0 spiro atoms. The topological polar surface area (TPSA) is 46.5 Å². The summed E-state index contributed by atoms with van der Waals surface area (Å²) in [5.41, 5.74) is 0. The molecule has 0 unspecified atom stereocenters. The first-order chi connectivity index (χ1) is 6.31. The summed E-state index contributed by atoms with van der Waals surface area (Å²) in [6.07, 6.45) is 5.55. The normalized spacial score (nSPS) is 10.0. The zero-order chi connectivity index (χ0) is 9.94. The smallest absolute Gasteiger partial charge is 0.305 e. The number of aliphatic hydroxyl groups is 1. The first-order valence-electron chi connectivity index (χ1n) is 5.07. The first-order valence-corrected chi connectivity index (χ1v) is 5.07. The molecular formula is C10H20O3. The third-order valence-electron chi connectivity index (χ3n) is 1.85. The molecule has 3 nitrogen and oxygen atoms in total. The van der Waals surface area contributed by atoms with Crippen LogP contribution in [-0.4, -0.2) is 24.3 Å². The van der Waals surface area contributed by atoms with E-state index < -0.39 is 0 Å². The van der Waals surface area contributed by atoms with Gasteiger partial charge in [-0.2, -0.15) is 0 Å². The van der Waals surface area contributed by atoms with Crippen molar-refractivity contribution < 1.29 is 14.6 Å². The molecule has 0 amide bonds. The molecule has 0 aliphatic carbocycles. The van der Waals surface area contributed by atoms with Gasteiger partial charge in [0.1, 0.15) is 0 Å². The molecule has 0 rings (SSSR count). The summed E-state index contributed by atoms with van der Waals surface area (Å²) in [4.78, 5) is 10.7. The lowest BCUT2D eigenvalue weighted by molar-refractivity contribution is -0.143. The summed E-state index contributed by atoms with van der Waals surface area (Å²) >= 11 is 0. The highest BCUT2D eigenvalue weighted by Gasteiger charge is 1.96. The molecule has 0 aromatic heterocycles. The van der Waals surface area contributed by atoms with Crippen LogP contribution in [0.2, 0.25) is 0 Å². The predicted molar refractivity (Wildman–Crippen MR) is 51.4 cm³/mol. The van der Waals surface area contributed by atoms with Gasteiger partial charge >= 0.3 is 5.97 Å². The lowest BCUT2D eigenvalue weighted by atomic mass is 10.1. The number of aliphatic hydroxyl groups excluding tert-OH is 1. The van der Waals surface area contributed by atoms with Crippen molar-refractivity contribution in [2.75, 3.05) is 13.2 Å². The molecule has 0 saturated heterocycles. The van der Waals surface area contributed by atoms with Gasteiger partial charge in [0.25, 0.3) is 0 Å². The van der Waals surface area contributed by atoms with E-state index in [-0.39, 0.29) is 12.6 Å². The van der Waals surface area contributed by atoms with Gasteiger partial charge in [-0.05, 0) is 12.8 Å². The minimum atomic E-state index is -0.115. The van der Waals surface area contributed by atoms with Crippen LogP contribution in [0.4, 0.5) is 0 Å². The summed E-state index contributed by atoms with van der Waals surface area (Å²) in [6.45, 7) is 2.63. The van der Waals surface area contributed by atoms with Gasteiger partial charge in [-0.25, -0.2) is 0 Å². The Hall–Kier alpha value is -0.570. The molecule has 0 aromatic rings. The Balaban J connectivity index is 2.95. The minimum Gasteiger partial charge on any atom is -0.466 e. The van der Waals surface area contributed by atoms with Crippen LogP contribution in [0.1, 0.15) is 45.4 Å². The van der Waals surface area contributed by atoms with E-state index in [1.165, 1.54) is 0 Å². The van der Waals surface area contributed by atoms with Crippen molar-refractivity contribution in [3.05, 3.63) is 0 Å². The van der Waals surface area contributed by atoms with Crippen LogP contribution in [0, 0.1) is 0 Å². The van der Waals surface area contributed by atoms with E-state index in [0.29, 0.717) is 13.0 Å². The average molecular weight is 188 g/mol. The molecule has 1 N–H and O–H groups in total. The number of rotatable bonds is 8. The van der Waals surface area contributed by atoms with Crippen molar-refractivity contribution in [2.24, 2.45) is 0 Å². The Bertz CT molecular complexity index is 123. The van der Waals surface area contributed by atoms with E-state index in [4.69, 9.17) is 9.84 Å². The summed E-state index contributed by atoms with van der Waals surface area (Å²) in [5, 5.41) is 8.50. The molecular weight excluding hydrogens is 168 g/mol. The Morgan fingerprint density at radius 3 is 2.38 bits per heavy atom. The number of unbranched alkanes of at least 4 members (excludes halogenated alkanes) is 4. The molecule has 0 aromatic carbocycles. The number of hydrogen-bond acceptors (Lipinski definition) is 3. The maximum absolute atomic E-state index is 10.7. The molecule has 0 aliphatic heterocycles. The highest BCUT2D eigenvalue weighted by atomic mass is 16.5. The summed E-state index contributed by atoms with van der Waals surface area (Å²) in [6, 6.07) is 0. The van der Waals surface area contributed by atoms with Gasteiger partial charge in [0.05, 0.1) is 6.61 Å². The Kier molecular flexibility index (Phi) is 9.10. The Morgan fingerprint density at radius 1 is 1.15 bits per heavy atom. The van der Waals surface area contributed by atoms with Crippen molar-refractivity contribution in [1.82, 2.24) is 0 Å². The maximum atomic E-state index is 10.7. The van der Waals surface area contributed by atoms with Crippen molar-refractivity contribution >= 4 is 5.97 Å². The monoisotopic (exact) mass is 188 g/mol. The lowest BCUT2D eigenvalue weighted by Gasteiger charge is -2.02. The van der Waals surface area contributed by atoms with E-state index in [0.717, 1.165) is 32.1 Å². The highest BCUT2D eigenvalue weighted by Crippen LogP contribution is 2.02. The first kappa shape index (κ1) is 12.4. The second-order valence-electron chi connectivity index (χ2n) is 3.07. The molecule has 0 heterocycles. The van der Waals surface area contributed by atoms with Crippen LogP contribution in [0.15, 0.2) is 0 Å². The van der Waals surface area contributed by atoms with Crippen molar-refractivity contribution in [3.63, 3.8) is 0 Å². The van der Waals surface area contributed by atoms with Gasteiger partial charge in [-0.3, -0.25) is 4.79 Å². The fourth-order valence-corrected chi connectivity index (χ4v) is 1.03. The average Bonchev–Trinajstić information content (AvgIpc) is 2.16. The van der Waals surface area contributed by atoms with Crippen LogP contribution < -0.4 is 0 Å². The number of hydrogen-bond donors (Lipinski definition) is 1. The Labute approximate surface area is 80.1 Å². The summed E-state index contributed by atoms with van der Waals surface area (Å²) in [7, 11) is 0. The SMILES string of the molecule is CCC(=O)OCCCCCCCO. The fourth-order valence-electron chi connectivity index (χ4n) is 1.03. The minimum absolute atomic E-state index is 0.115. The zero-order valence-electron chi connectivity index (χ0n) is 8.42. The maximum Gasteiger partial charge on any atom is 0.305 e. The van der Waals surface area contributed by atoms with E-state index in [1.807, 2.05) is 0 Å². The number of ether oxygens (including phenoxy) is 1. The van der Waals surface area contributed by atoms with Gasteiger partial charge in [-0.1, -0.05) is 26.2 Å². The molecule has 3 heteroatoms. The van der Waals surface area contributed by atoms with Gasteiger partial charge in [0.2, 0.25) is 0 Å². The summed E-state index contributed by atoms with van der Waals surface area (Å²) in [5.74, 6) is -0.115. The fraction of sp³-hybridized carbons (Fsp3) is 0.900. The van der Waals surface area contributed by atoms with Crippen molar-refractivity contribution in [2.45, 2.75) is 45.4 Å². The molecule has 0 atom stereocenters. The lowest BCUT2D eigenvalue weighted by Crippen LogP contribution is -2.03. The molecule has 0 fully saturated rings. The van der Waals surface area contributed by atoms with Crippen LogP contribution in [0.5, 0.6) is 0 Å². The molecule has 0 radical (unpaired) electrons. The van der Waals surface area contributed by atoms with Gasteiger partial charge in [0.15, 0.2) is 0 Å². The molecule has 0 saturated carbocycles. The Morgan fingerprint density at radius 2 is 1.77 bits per heavy atom. The number of carbonyl (C=O) groups is 1. The molecule has 78 valence electrons. The highest BCUT2D eigenvalue weighted by molar-refractivity contribution is 5.68. The summed E-state index contributed by atoms with van der Waals surface area (Å²) < 4.78 is 4.91. The largest absolute Gasteiger partial charge is 0.466 e. The second kappa shape index (κ2) is 9.52. The van der Waals surface area contributed by atoms with Crippen molar-refractivity contribution in [1.29, 1.82) is 0 Å². The van der Waals surface area contributed by atoms with E-state index in [9.17, 15) is 4.79 Å². The number of esters is 1. The number of carbonyl (C=O) groups excluding carboxylic acids is 1. The second-order valence-corrected chi connectivity index (χ2v) is 3.07. The van der Waals surface area contributed by atoms with Crippen LogP contribution in [0.3, 0.4) is 0 Å². The van der Waals surface area contributed by atoms with Gasteiger partial charge < -0.3 is 9.84 Å². The van der Waals surface area contributed by atoms with Gasteiger partial charge in [-0.15, -0.1) is 0 Å². The van der Waals surface area contributed by atoms with E-state index in [2.05, 4.69) is 0 Å². The third-order valence-corrected chi connectivity index (χ3v) is 1.85. The predicted octanol–water partition coefficient (Wildman–Crippen LogP) is 1.88. The van der Waals surface area contributed by atoms with Crippen LogP contribution >= 0.6 is 0 Å². The van der Waals surface area contributed by atoms with Crippen molar-refractivity contribution in [3.8, 4) is 0 Å². The van der Waals surface area contributed by atoms with E-state index in [1.54, 1.807) is 6.92 Å². The van der Waals surface area contributed by atoms with E-state index >= 15 is 0 Å². The van der Waals surface area contributed by atoms with Gasteiger partial charge in [0, 0.05) is 13.0 Å².